The number of aromatic hydroxyl groups is 1. The largest absolute Gasteiger partial charge is 0.504 e. The van der Waals surface area contributed by atoms with Crippen molar-refractivity contribution in [2.24, 2.45) is 0 Å². The van der Waals surface area contributed by atoms with Gasteiger partial charge in [-0.1, -0.05) is 25.3 Å². The number of carbonyl (C=O) groups is 2. The average molecular weight is 361 g/mol. The molecule has 0 bridgehead atoms. The van der Waals surface area contributed by atoms with Crippen LogP contribution in [0, 0.1) is 0 Å². The summed E-state index contributed by atoms with van der Waals surface area (Å²) in [6.07, 6.45) is 8.37. The molecule has 0 spiro atoms. The normalized spacial score (nSPS) is 15.0. The van der Waals surface area contributed by atoms with Crippen LogP contribution in [0.1, 0.15) is 44.6 Å². The molecule has 1 fully saturated rings. The maximum atomic E-state index is 12.4. The smallest absolute Gasteiger partial charge is 0.331 e. The van der Waals surface area contributed by atoms with Crippen LogP contribution in [-0.2, 0) is 14.3 Å². The summed E-state index contributed by atoms with van der Waals surface area (Å²) in [7, 11) is 1.45. The van der Waals surface area contributed by atoms with E-state index in [1.165, 1.54) is 25.7 Å². The number of benzene rings is 1. The van der Waals surface area contributed by atoms with Crippen molar-refractivity contribution in [1.29, 1.82) is 0 Å². The van der Waals surface area contributed by atoms with Gasteiger partial charge in [0.15, 0.2) is 18.1 Å². The number of methoxy groups -OCH3 is 1. The molecule has 142 valence electrons. The van der Waals surface area contributed by atoms with E-state index in [0.717, 1.165) is 25.7 Å². The number of likely N-dealkylation sites (N-methyl/N-ethyl adjacent to an activating group) is 1. The molecule has 1 aromatic carbocycles. The van der Waals surface area contributed by atoms with Gasteiger partial charge in [-0.25, -0.2) is 4.79 Å². The summed E-state index contributed by atoms with van der Waals surface area (Å²) in [5.41, 5.74) is 0.681. The Bertz CT molecular complexity index is 650. The third-order valence-corrected chi connectivity index (χ3v) is 4.63. The lowest BCUT2D eigenvalue weighted by Gasteiger charge is -2.33. The fourth-order valence-electron chi connectivity index (χ4n) is 3.26. The van der Waals surface area contributed by atoms with Crippen molar-refractivity contribution in [3.05, 3.63) is 29.8 Å². The monoisotopic (exact) mass is 361 g/mol. The molecule has 1 aliphatic carbocycles. The number of ether oxygens (including phenoxy) is 2. The number of hydrogen-bond acceptors (Lipinski definition) is 5. The molecule has 0 aromatic heterocycles. The van der Waals surface area contributed by atoms with Gasteiger partial charge in [0.25, 0.3) is 5.91 Å². The van der Waals surface area contributed by atoms with Gasteiger partial charge in [0.05, 0.1) is 7.11 Å². The van der Waals surface area contributed by atoms with Crippen molar-refractivity contribution in [3.63, 3.8) is 0 Å². The first-order valence-electron chi connectivity index (χ1n) is 9.06. The molecule has 0 heterocycles. The number of nitrogens with zero attached hydrogens (tertiary/aromatic N) is 1. The van der Waals surface area contributed by atoms with Gasteiger partial charge in [-0.15, -0.1) is 0 Å². The Morgan fingerprint density at radius 3 is 2.65 bits per heavy atom. The average Bonchev–Trinajstić information content (AvgIpc) is 2.67. The molecule has 1 amide bonds. The van der Waals surface area contributed by atoms with Gasteiger partial charge in [-0.2, -0.15) is 0 Å². The van der Waals surface area contributed by atoms with Crippen LogP contribution in [0.5, 0.6) is 11.5 Å². The zero-order chi connectivity index (χ0) is 18.9. The molecule has 1 saturated carbocycles. The number of phenolic OH excluding ortho intramolecular Hbond substituents is 1. The second-order valence-electron chi connectivity index (χ2n) is 6.34. The zero-order valence-electron chi connectivity index (χ0n) is 15.4. The lowest BCUT2D eigenvalue weighted by molar-refractivity contribution is -0.149. The predicted octanol–water partition coefficient (Wildman–Crippen LogP) is 3.14. The summed E-state index contributed by atoms with van der Waals surface area (Å²) in [6.45, 7) is 2.34. The standard InChI is InChI=1S/C20H27NO5/c1-3-21(16-7-5-4-6-8-16)19(23)14-26-20(24)12-10-15-9-11-17(22)18(13-15)25-2/h9-13,16,22H,3-8,14H2,1-2H3/b12-10+. The van der Waals surface area contributed by atoms with Crippen molar-refractivity contribution >= 4 is 18.0 Å². The second-order valence-corrected chi connectivity index (χ2v) is 6.34. The molecule has 26 heavy (non-hydrogen) atoms. The Hall–Kier alpha value is -2.50. The van der Waals surface area contributed by atoms with Crippen molar-refractivity contribution in [2.45, 2.75) is 45.1 Å². The van der Waals surface area contributed by atoms with Gasteiger partial charge < -0.3 is 19.5 Å². The van der Waals surface area contributed by atoms with Crippen molar-refractivity contribution in [3.8, 4) is 11.5 Å². The van der Waals surface area contributed by atoms with Gasteiger partial charge in [0, 0.05) is 18.7 Å². The van der Waals surface area contributed by atoms with E-state index < -0.39 is 5.97 Å². The minimum atomic E-state index is -0.579. The zero-order valence-corrected chi connectivity index (χ0v) is 15.4. The lowest BCUT2D eigenvalue weighted by atomic mass is 9.94. The van der Waals surface area contributed by atoms with Crippen LogP contribution in [0.3, 0.4) is 0 Å². The molecule has 1 N–H and O–H groups in total. The van der Waals surface area contributed by atoms with Crippen LogP contribution in [0.25, 0.3) is 6.08 Å². The molecule has 1 aromatic rings. The van der Waals surface area contributed by atoms with E-state index in [1.807, 2.05) is 11.8 Å². The van der Waals surface area contributed by atoms with Crippen LogP contribution in [0.4, 0.5) is 0 Å². The van der Waals surface area contributed by atoms with Crippen LogP contribution in [-0.4, -0.2) is 48.2 Å². The second kappa shape index (κ2) is 9.85. The van der Waals surface area contributed by atoms with E-state index in [4.69, 9.17) is 9.47 Å². The first-order chi connectivity index (χ1) is 12.5. The molecule has 0 saturated heterocycles. The molecule has 0 radical (unpaired) electrons. The molecule has 6 heteroatoms. The topological polar surface area (TPSA) is 76.1 Å². The summed E-state index contributed by atoms with van der Waals surface area (Å²) in [5, 5.41) is 9.56. The maximum absolute atomic E-state index is 12.4. The number of esters is 1. The fourth-order valence-corrected chi connectivity index (χ4v) is 3.26. The highest BCUT2D eigenvalue weighted by molar-refractivity contribution is 5.89. The number of carbonyl (C=O) groups excluding carboxylic acids is 2. The highest BCUT2D eigenvalue weighted by Crippen LogP contribution is 2.26. The molecular weight excluding hydrogens is 334 g/mol. The molecule has 0 atom stereocenters. The highest BCUT2D eigenvalue weighted by atomic mass is 16.5. The summed E-state index contributed by atoms with van der Waals surface area (Å²) in [5.74, 6) is -0.375. The van der Waals surface area contributed by atoms with Gasteiger partial charge >= 0.3 is 5.97 Å². The van der Waals surface area contributed by atoms with Gasteiger partial charge in [0.2, 0.25) is 0 Å². The van der Waals surface area contributed by atoms with Crippen LogP contribution in [0.2, 0.25) is 0 Å². The maximum Gasteiger partial charge on any atom is 0.331 e. The molecule has 6 nitrogen and oxygen atoms in total. The lowest BCUT2D eigenvalue weighted by Crippen LogP contribution is -2.43. The SMILES string of the molecule is CCN(C(=O)COC(=O)/C=C/c1ccc(O)c(OC)c1)C1CCCCC1. The number of rotatable bonds is 7. The van der Waals surface area contributed by atoms with Crippen molar-refractivity contribution in [1.82, 2.24) is 4.90 Å². The minimum Gasteiger partial charge on any atom is -0.504 e. The summed E-state index contributed by atoms with van der Waals surface area (Å²) in [4.78, 5) is 26.0. The third kappa shape index (κ3) is 5.51. The summed E-state index contributed by atoms with van der Waals surface area (Å²) in [6, 6.07) is 5.00. The summed E-state index contributed by atoms with van der Waals surface area (Å²) >= 11 is 0. The van der Waals surface area contributed by atoms with Crippen LogP contribution < -0.4 is 4.74 Å². The minimum absolute atomic E-state index is 0.0280. The Morgan fingerprint density at radius 1 is 1.27 bits per heavy atom. The quantitative estimate of drug-likeness (QED) is 0.596. The molecule has 0 unspecified atom stereocenters. The van der Waals surface area contributed by atoms with E-state index >= 15 is 0 Å². The van der Waals surface area contributed by atoms with Crippen LogP contribution in [0.15, 0.2) is 24.3 Å². The van der Waals surface area contributed by atoms with Crippen LogP contribution >= 0.6 is 0 Å². The molecular formula is C20H27NO5. The number of hydrogen-bond donors (Lipinski definition) is 1. The van der Waals surface area contributed by atoms with E-state index in [2.05, 4.69) is 0 Å². The Morgan fingerprint density at radius 2 is 2.00 bits per heavy atom. The summed E-state index contributed by atoms with van der Waals surface area (Å²) < 4.78 is 10.1. The van der Waals surface area contributed by atoms with Gasteiger partial charge in [-0.05, 0) is 43.5 Å². The van der Waals surface area contributed by atoms with Gasteiger partial charge in [-0.3, -0.25) is 4.79 Å². The number of phenols is 1. The van der Waals surface area contributed by atoms with E-state index in [9.17, 15) is 14.7 Å². The first-order valence-corrected chi connectivity index (χ1v) is 9.06. The molecule has 2 rings (SSSR count). The van der Waals surface area contributed by atoms with E-state index in [-0.39, 0.29) is 24.3 Å². The number of amides is 1. The molecule has 0 aliphatic heterocycles. The van der Waals surface area contributed by atoms with E-state index in [0.29, 0.717) is 17.9 Å². The molecule has 1 aliphatic rings. The van der Waals surface area contributed by atoms with E-state index in [1.54, 1.807) is 18.2 Å². The highest BCUT2D eigenvalue weighted by Gasteiger charge is 2.24. The fraction of sp³-hybridized carbons (Fsp3) is 0.500. The first kappa shape index (κ1) is 19.8. The third-order valence-electron chi connectivity index (χ3n) is 4.63. The Labute approximate surface area is 154 Å². The predicted molar refractivity (Wildman–Crippen MR) is 98.9 cm³/mol. The van der Waals surface area contributed by atoms with Crippen molar-refractivity contribution < 1.29 is 24.2 Å². The van der Waals surface area contributed by atoms with Gasteiger partial charge in [0.1, 0.15) is 0 Å². The Balaban J connectivity index is 1.86. The Kier molecular flexibility index (Phi) is 7.51. The van der Waals surface area contributed by atoms with Crippen molar-refractivity contribution in [2.75, 3.05) is 20.3 Å².